The molecule has 8 heteroatoms. The zero-order chi connectivity index (χ0) is 20.8. The molecule has 0 bridgehead atoms. The van der Waals surface area contributed by atoms with Gasteiger partial charge in [-0.15, -0.1) is 0 Å². The van der Waals surface area contributed by atoms with E-state index in [0.717, 1.165) is 18.4 Å². The maximum atomic E-state index is 12.5. The summed E-state index contributed by atoms with van der Waals surface area (Å²) in [5.41, 5.74) is 1.56. The van der Waals surface area contributed by atoms with E-state index in [1.165, 1.54) is 19.3 Å². The number of carbonyl (C=O) groups excluding carboxylic acids is 2. The number of nitrogens with one attached hydrogen (secondary N) is 2. The SMILES string of the molecule is CCn1c(CNC(=O)c2ccccc2C)nn(CC(=O)NC2CCCCC2)c1=S. The van der Waals surface area contributed by atoms with Gasteiger partial charge in [0.1, 0.15) is 6.54 Å². The van der Waals surface area contributed by atoms with Crippen LogP contribution in [0.4, 0.5) is 0 Å². The minimum atomic E-state index is -0.152. The van der Waals surface area contributed by atoms with E-state index in [4.69, 9.17) is 12.2 Å². The summed E-state index contributed by atoms with van der Waals surface area (Å²) in [7, 11) is 0. The van der Waals surface area contributed by atoms with E-state index in [-0.39, 0.29) is 30.9 Å². The van der Waals surface area contributed by atoms with Gasteiger partial charge in [0.05, 0.1) is 6.54 Å². The van der Waals surface area contributed by atoms with E-state index in [0.29, 0.717) is 22.7 Å². The molecule has 1 aliphatic carbocycles. The van der Waals surface area contributed by atoms with Crippen LogP contribution in [-0.4, -0.2) is 32.2 Å². The number of hydrogen-bond donors (Lipinski definition) is 2. The maximum Gasteiger partial charge on any atom is 0.251 e. The van der Waals surface area contributed by atoms with Gasteiger partial charge in [0, 0.05) is 18.2 Å². The highest BCUT2D eigenvalue weighted by atomic mass is 32.1. The highest BCUT2D eigenvalue weighted by Crippen LogP contribution is 2.17. The number of aryl methyl sites for hydroxylation is 1. The molecule has 0 aliphatic heterocycles. The van der Waals surface area contributed by atoms with Gasteiger partial charge >= 0.3 is 0 Å². The van der Waals surface area contributed by atoms with Gasteiger partial charge < -0.3 is 15.2 Å². The number of carbonyl (C=O) groups is 2. The second-order valence-corrected chi connectivity index (χ2v) is 7.87. The zero-order valence-electron chi connectivity index (χ0n) is 17.1. The van der Waals surface area contributed by atoms with Crippen LogP contribution in [-0.2, 0) is 24.4 Å². The number of hydrogen-bond acceptors (Lipinski definition) is 4. The van der Waals surface area contributed by atoms with E-state index in [9.17, 15) is 9.59 Å². The monoisotopic (exact) mass is 415 g/mol. The smallest absolute Gasteiger partial charge is 0.251 e. The normalized spacial score (nSPS) is 14.6. The maximum absolute atomic E-state index is 12.5. The van der Waals surface area contributed by atoms with Crippen molar-refractivity contribution in [3.05, 3.63) is 46.0 Å². The molecule has 2 aromatic rings. The van der Waals surface area contributed by atoms with Crippen molar-refractivity contribution in [3.63, 3.8) is 0 Å². The van der Waals surface area contributed by atoms with Gasteiger partial charge in [-0.1, -0.05) is 37.5 Å². The van der Waals surface area contributed by atoms with Crippen LogP contribution < -0.4 is 10.6 Å². The Hall–Kier alpha value is -2.48. The molecule has 0 atom stereocenters. The number of rotatable bonds is 7. The predicted molar refractivity (Wildman–Crippen MR) is 114 cm³/mol. The van der Waals surface area contributed by atoms with Gasteiger partial charge in [0.15, 0.2) is 10.6 Å². The molecule has 156 valence electrons. The summed E-state index contributed by atoms with van der Waals surface area (Å²) in [5, 5.41) is 10.5. The second-order valence-electron chi connectivity index (χ2n) is 7.50. The van der Waals surface area contributed by atoms with Crippen molar-refractivity contribution in [1.82, 2.24) is 25.0 Å². The molecule has 1 aliphatic rings. The van der Waals surface area contributed by atoms with Crippen LogP contribution in [0.25, 0.3) is 0 Å². The van der Waals surface area contributed by atoms with E-state index < -0.39 is 0 Å². The average molecular weight is 416 g/mol. The minimum Gasteiger partial charge on any atom is -0.352 e. The number of nitrogens with zero attached hydrogens (tertiary/aromatic N) is 3. The third-order valence-corrected chi connectivity index (χ3v) is 5.81. The van der Waals surface area contributed by atoms with Crippen LogP contribution in [0.1, 0.15) is 60.8 Å². The third kappa shape index (κ3) is 5.32. The van der Waals surface area contributed by atoms with E-state index in [1.807, 2.05) is 36.6 Å². The van der Waals surface area contributed by atoms with Gasteiger partial charge in [-0.2, -0.15) is 5.10 Å². The fraction of sp³-hybridized carbons (Fsp3) is 0.524. The lowest BCUT2D eigenvalue weighted by molar-refractivity contribution is -0.122. The molecule has 7 nitrogen and oxygen atoms in total. The average Bonchev–Trinajstić information content (AvgIpc) is 3.01. The van der Waals surface area contributed by atoms with Gasteiger partial charge in [-0.3, -0.25) is 9.59 Å². The molecule has 3 rings (SSSR count). The first-order valence-corrected chi connectivity index (χ1v) is 10.7. The van der Waals surface area contributed by atoms with Crippen LogP contribution in [0.5, 0.6) is 0 Å². The zero-order valence-corrected chi connectivity index (χ0v) is 17.9. The molecule has 0 saturated heterocycles. The summed E-state index contributed by atoms with van der Waals surface area (Å²) < 4.78 is 3.89. The third-order valence-electron chi connectivity index (χ3n) is 5.38. The summed E-state index contributed by atoms with van der Waals surface area (Å²) in [5.74, 6) is 0.426. The molecule has 1 aromatic heterocycles. The standard InChI is InChI=1S/C21H29N5O2S/c1-3-25-18(13-22-20(28)17-12-8-7-9-15(17)2)24-26(21(25)29)14-19(27)23-16-10-5-4-6-11-16/h7-9,12,16H,3-6,10-11,13-14H2,1-2H3,(H,22,28)(H,23,27). The summed E-state index contributed by atoms with van der Waals surface area (Å²) in [6.07, 6.45) is 5.66. The van der Waals surface area contributed by atoms with Crippen molar-refractivity contribution in [2.45, 2.75) is 71.6 Å². The molecule has 1 fully saturated rings. The van der Waals surface area contributed by atoms with E-state index >= 15 is 0 Å². The Morgan fingerprint density at radius 3 is 2.62 bits per heavy atom. The Balaban J connectivity index is 1.65. The molecule has 0 radical (unpaired) electrons. The predicted octanol–water partition coefficient (Wildman–Crippen LogP) is 3.12. The van der Waals surface area contributed by atoms with Crippen LogP contribution in [0.2, 0.25) is 0 Å². The Labute approximate surface area is 176 Å². The number of benzene rings is 1. The molecule has 1 aromatic carbocycles. The lowest BCUT2D eigenvalue weighted by atomic mass is 9.95. The van der Waals surface area contributed by atoms with Crippen LogP contribution in [0, 0.1) is 11.7 Å². The lowest BCUT2D eigenvalue weighted by Gasteiger charge is -2.22. The summed E-state index contributed by atoms with van der Waals surface area (Å²) in [4.78, 5) is 24.9. The first-order valence-electron chi connectivity index (χ1n) is 10.3. The van der Waals surface area contributed by atoms with Crippen molar-refractivity contribution >= 4 is 24.0 Å². The summed E-state index contributed by atoms with van der Waals surface area (Å²) >= 11 is 5.50. The van der Waals surface area contributed by atoms with Gasteiger partial charge in [-0.05, 0) is 50.5 Å². The molecule has 29 heavy (non-hydrogen) atoms. The molecule has 0 spiro atoms. The van der Waals surface area contributed by atoms with Crippen molar-refractivity contribution in [2.24, 2.45) is 0 Å². The number of aromatic nitrogens is 3. The van der Waals surface area contributed by atoms with Gasteiger partial charge in [-0.25, -0.2) is 4.68 Å². The van der Waals surface area contributed by atoms with Crippen molar-refractivity contribution in [2.75, 3.05) is 0 Å². The van der Waals surface area contributed by atoms with Crippen LogP contribution in [0.15, 0.2) is 24.3 Å². The van der Waals surface area contributed by atoms with Crippen molar-refractivity contribution in [3.8, 4) is 0 Å². The van der Waals surface area contributed by atoms with E-state index in [1.54, 1.807) is 10.7 Å². The Kier molecular flexibility index (Phi) is 7.19. The van der Waals surface area contributed by atoms with E-state index in [2.05, 4.69) is 15.7 Å². The second kappa shape index (κ2) is 9.82. The molecule has 2 N–H and O–H groups in total. The highest BCUT2D eigenvalue weighted by Gasteiger charge is 2.18. The first-order chi connectivity index (χ1) is 14.0. The Morgan fingerprint density at radius 2 is 1.93 bits per heavy atom. The minimum absolute atomic E-state index is 0.0655. The van der Waals surface area contributed by atoms with Gasteiger partial charge in [0.2, 0.25) is 5.91 Å². The van der Waals surface area contributed by atoms with Crippen LogP contribution in [0.3, 0.4) is 0 Å². The number of amides is 2. The molecule has 2 amide bonds. The Morgan fingerprint density at radius 1 is 1.21 bits per heavy atom. The first kappa shape index (κ1) is 21.2. The van der Waals surface area contributed by atoms with Crippen molar-refractivity contribution < 1.29 is 9.59 Å². The highest BCUT2D eigenvalue weighted by molar-refractivity contribution is 7.71. The molecular formula is C21H29N5O2S. The van der Waals surface area contributed by atoms with Crippen molar-refractivity contribution in [1.29, 1.82) is 0 Å². The summed E-state index contributed by atoms with van der Waals surface area (Å²) in [6.45, 7) is 4.85. The quantitative estimate of drug-likeness (QED) is 0.681. The molecule has 1 heterocycles. The molecule has 0 unspecified atom stereocenters. The van der Waals surface area contributed by atoms with Gasteiger partial charge in [0.25, 0.3) is 5.91 Å². The summed E-state index contributed by atoms with van der Waals surface area (Å²) in [6, 6.07) is 7.70. The topological polar surface area (TPSA) is 81.0 Å². The lowest BCUT2D eigenvalue weighted by Crippen LogP contribution is -2.38. The molecular weight excluding hydrogens is 386 g/mol. The largest absolute Gasteiger partial charge is 0.352 e. The fourth-order valence-electron chi connectivity index (χ4n) is 3.78. The van der Waals surface area contributed by atoms with Crippen LogP contribution >= 0.6 is 12.2 Å². The molecule has 1 saturated carbocycles. The Bertz CT molecular complexity index is 927. The fourth-order valence-corrected chi connectivity index (χ4v) is 4.12.